The molecule has 0 radical (unpaired) electrons. The molecule has 1 aliphatic heterocycles. The van der Waals surface area contributed by atoms with Crippen LogP contribution in [0.25, 0.3) is 0 Å². The van der Waals surface area contributed by atoms with Crippen molar-refractivity contribution in [3.63, 3.8) is 0 Å². The van der Waals surface area contributed by atoms with E-state index in [0.717, 1.165) is 28.6 Å². The van der Waals surface area contributed by atoms with Crippen molar-refractivity contribution in [3.8, 4) is 0 Å². The summed E-state index contributed by atoms with van der Waals surface area (Å²) in [6.45, 7) is 5.15. The van der Waals surface area contributed by atoms with Crippen LogP contribution in [0.4, 0.5) is 11.5 Å². The summed E-state index contributed by atoms with van der Waals surface area (Å²) < 4.78 is 5.43. The molecule has 0 saturated carbocycles. The van der Waals surface area contributed by atoms with Gasteiger partial charge in [0.15, 0.2) is 0 Å². The molecule has 0 unspecified atom stereocenters. The van der Waals surface area contributed by atoms with Crippen LogP contribution in [0.2, 0.25) is 0 Å². The molecule has 0 fully saturated rings. The Morgan fingerprint density at radius 2 is 2.06 bits per heavy atom. The van der Waals surface area contributed by atoms with Crippen LogP contribution in [0.3, 0.4) is 0 Å². The molecule has 92 valence electrons. The smallest absolute Gasteiger partial charge is 0.140 e. The van der Waals surface area contributed by atoms with Crippen LogP contribution in [-0.2, 0) is 18.0 Å². The Balaban J connectivity index is 1.98. The molecule has 18 heavy (non-hydrogen) atoms. The average molecular weight is 241 g/mol. The topological polar surface area (TPSA) is 47.0 Å². The molecule has 0 aliphatic carbocycles. The average Bonchev–Trinajstić information content (AvgIpc) is 2.77. The second kappa shape index (κ2) is 4.38. The van der Waals surface area contributed by atoms with Crippen molar-refractivity contribution in [2.45, 2.75) is 27.1 Å². The molecule has 1 N–H and O–H groups in total. The Morgan fingerprint density at radius 1 is 1.17 bits per heavy atom. The van der Waals surface area contributed by atoms with E-state index >= 15 is 0 Å². The molecule has 0 bridgehead atoms. The van der Waals surface area contributed by atoms with Crippen molar-refractivity contribution >= 4 is 11.5 Å². The van der Waals surface area contributed by atoms with Crippen molar-refractivity contribution < 1.29 is 4.74 Å². The van der Waals surface area contributed by atoms with Gasteiger partial charge in [-0.1, -0.05) is 12.1 Å². The van der Waals surface area contributed by atoms with Gasteiger partial charge in [-0.05, 0) is 31.5 Å². The zero-order chi connectivity index (χ0) is 12.5. The minimum atomic E-state index is 0.585. The highest BCUT2D eigenvalue weighted by Crippen LogP contribution is 2.27. The van der Waals surface area contributed by atoms with Crippen molar-refractivity contribution in [1.29, 1.82) is 0 Å². The van der Waals surface area contributed by atoms with E-state index in [2.05, 4.69) is 34.3 Å². The highest BCUT2D eigenvalue weighted by atomic mass is 16.5. The third-order valence-corrected chi connectivity index (χ3v) is 2.97. The van der Waals surface area contributed by atoms with E-state index < -0.39 is 0 Å². The Morgan fingerprint density at radius 3 is 2.89 bits per heavy atom. The molecule has 1 aliphatic rings. The van der Waals surface area contributed by atoms with Gasteiger partial charge in [0.1, 0.15) is 11.6 Å². The number of ether oxygens (including phenoxy) is 1. The second-order valence-corrected chi connectivity index (χ2v) is 4.53. The van der Waals surface area contributed by atoms with Gasteiger partial charge < -0.3 is 10.1 Å². The largest absolute Gasteiger partial charge is 0.370 e. The minimum Gasteiger partial charge on any atom is -0.370 e. The molecule has 4 heteroatoms. The van der Waals surface area contributed by atoms with Crippen LogP contribution in [-0.4, -0.2) is 9.97 Å². The summed E-state index contributed by atoms with van der Waals surface area (Å²) in [5.41, 5.74) is 4.33. The summed E-state index contributed by atoms with van der Waals surface area (Å²) in [6, 6.07) is 8.23. The van der Waals surface area contributed by atoms with E-state index in [1.807, 2.05) is 19.1 Å². The first-order valence-corrected chi connectivity index (χ1v) is 6.00. The van der Waals surface area contributed by atoms with E-state index in [4.69, 9.17) is 4.74 Å². The second-order valence-electron chi connectivity index (χ2n) is 4.53. The maximum absolute atomic E-state index is 5.43. The zero-order valence-corrected chi connectivity index (χ0v) is 10.5. The van der Waals surface area contributed by atoms with Crippen LogP contribution in [0.5, 0.6) is 0 Å². The lowest BCUT2D eigenvalue weighted by Gasteiger charge is -2.10. The summed E-state index contributed by atoms with van der Waals surface area (Å²) in [5.74, 6) is 1.63. The van der Waals surface area contributed by atoms with Crippen molar-refractivity contribution in [2.24, 2.45) is 0 Å². The van der Waals surface area contributed by atoms with E-state index in [1.165, 1.54) is 5.56 Å². The van der Waals surface area contributed by atoms with Gasteiger partial charge in [0, 0.05) is 11.3 Å². The monoisotopic (exact) mass is 241 g/mol. The molecule has 0 saturated heterocycles. The van der Waals surface area contributed by atoms with Crippen LogP contribution in [0.1, 0.15) is 22.6 Å². The number of aromatic nitrogens is 2. The molecule has 0 spiro atoms. The zero-order valence-electron chi connectivity index (χ0n) is 10.5. The van der Waals surface area contributed by atoms with Gasteiger partial charge in [0.2, 0.25) is 0 Å². The van der Waals surface area contributed by atoms with Gasteiger partial charge in [-0.15, -0.1) is 0 Å². The quantitative estimate of drug-likeness (QED) is 0.878. The summed E-state index contributed by atoms with van der Waals surface area (Å²) in [6.07, 6.45) is 0. The third-order valence-electron chi connectivity index (χ3n) is 2.97. The molecule has 0 amide bonds. The van der Waals surface area contributed by atoms with Crippen molar-refractivity contribution in [1.82, 2.24) is 9.97 Å². The minimum absolute atomic E-state index is 0.585. The lowest BCUT2D eigenvalue weighted by Crippen LogP contribution is -2.03. The first-order valence-electron chi connectivity index (χ1n) is 6.00. The number of hydrogen-bond donors (Lipinski definition) is 1. The predicted octanol–water partition coefficient (Wildman–Crippen LogP) is 2.87. The molecule has 0 atom stereocenters. The third kappa shape index (κ3) is 2.07. The molecule has 3 rings (SSSR count). The first-order chi connectivity index (χ1) is 8.72. The van der Waals surface area contributed by atoms with Gasteiger partial charge in [-0.3, -0.25) is 0 Å². The van der Waals surface area contributed by atoms with Crippen LogP contribution in [0.15, 0.2) is 24.3 Å². The number of rotatable bonds is 2. The van der Waals surface area contributed by atoms with Crippen LogP contribution in [0, 0.1) is 13.8 Å². The number of nitrogens with one attached hydrogen (secondary N) is 1. The first kappa shape index (κ1) is 11.2. The highest BCUT2D eigenvalue weighted by Gasteiger charge is 2.19. The fourth-order valence-electron chi connectivity index (χ4n) is 2.14. The van der Waals surface area contributed by atoms with Crippen molar-refractivity contribution in [2.75, 3.05) is 5.32 Å². The molecular formula is C14H15N3O. The highest BCUT2D eigenvalue weighted by molar-refractivity contribution is 5.61. The maximum atomic E-state index is 5.43. The van der Waals surface area contributed by atoms with Crippen LogP contribution >= 0.6 is 0 Å². The lowest BCUT2D eigenvalue weighted by atomic mass is 10.2. The summed E-state index contributed by atoms with van der Waals surface area (Å²) >= 11 is 0. The number of aryl methyl sites for hydroxylation is 2. The van der Waals surface area contributed by atoms with Gasteiger partial charge in [0.25, 0.3) is 0 Å². The number of fused-ring (bicyclic) bond motifs is 1. The van der Waals surface area contributed by atoms with Gasteiger partial charge in [-0.2, -0.15) is 0 Å². The molecule has 1 aromatic carbocycles. The molecular weight excluding hydrogens is 226 g/mol. The number of anilines is 2. The molecule has 2 heterocycles. The fourth-order valence-corrected chi connectivity index (χ4v) is 2.14. The Labute approximate surface area is 106 Å². The Kier molecular flexibility index (Phi) is 2.72. The normalized spacial score (nSPS) is 13.4. The van der Waals surface area contributed by atoms with Crippen LogP contribution < -0.4 is 5.32 Å². The molecule has 4 nitrogen and oxygen atoms in total. The van der Waals surface area contributed by atoms with Gasteiger partial charge in [-0.25, -0.2) is 9.97 Å². The predicted molar refractivity (Wildman–Crippen MR) is 69.7 cm³/mol. The maximum Gasteiger partial charge on any atom is 0.140 e. The van der Waals surface area contributed by atoms with Gasteiger partial charge in [0.05, 0.1) is 18.9 Å². The van der Waals surface area contributed by atoms with E-state index in [9.17, 15) is 0 Å². The van der Waals surface area contributed by atoms with E-state index in [0.29, 0.717) is 13.2 Å². The number of benzene rings is 1. The van der Waals surface area contributed by atoms with E-state index in [1.54, 1.807) is 0 Å². The summed E-state index contributed by atoms with van der Waals surface area (Å²) in [4.78, 5) is 8.86. The van der Waals surface area contributed by atoms with E-state index in [-0.39, 0.29) is 0 Å². The van der Waals surface area contributed by atoms with Gasteiger partial charge >= 0.3 is 0 Å². The molecule has 1 aromatic heterocycles. The fraction of sp³-hybridized carbons (Fsp3) is 0.286. The standard InChI is InChI=1S/C14H15N3O/c1-9-4-3-5-11(6-9)17-14-12-7-18-8-13(12)15-10(2)16-14/h3-6H,7-8H2,1-2H3,(H,15,16,17). The lowest BCUT2D eigenvalue weighted by molar-refractivity contribution is 0.133. The number of hydrogen-bond acceptors (Lipinski definition) is 4. The summed E-state index contributed by atoms with van der Waals surface area (Å²) in [5, 5.41) is 3.35. The number of nitrogens with zero attached hydrogens (tertiary/aromatic N) is 2. The molecule has 2 aromatic rings. The Hall–Kier alpha value is -1.94. The SMILES string of the molecule is Cc1cccc(Nc2nc(C)nc3c2COC3)c1. The van der Waals surface area contributed by atoms with Crippen molar-refractivity contribution in [3.05, 3.63) is 46.9 Å². The summed E-state index contributed by atoms with van der Waals surface area (Å²) in [7, 11) is 0. The Bertz CT molecular complexity index is 596.